The largest absolute Gasteiger partial charge is 0.317 e. The molecule has 31 heavy (non-hydrogen) atoms. The number of carbonyl (C=O) groups is 1. The second-order valence-electron chi connectivity index (χ2n) is 7.37. The van der Waals surface area contributed by atoms with Gasteiger partial charge in [0.25, 0.3) is 5.91 Å². The molecule has 0 bridgehead atoms. The first kappa shape index (κ1) is 24.1. The average molecular weight is 418 g/mol. The van der Waals surface area contributed by atoms with Crippen molar-refractivity contribution in [1.29, 1.82) is 0 Å². The van der Waals surface area contributed by atoms with Crippen LogP contribution >= 0.6 is 0 Å². The van der Waals surface area contributed by atoms with Gasteiger partial charge in [-0.25, -0.2) is 4.98 Å². The molecule has 164 valence electrons. The van der Waals surface area contributed by atoms with Crippen molar-refractivity contribution in [3.05, 3.63) is 82.8 Å². The molecule has 4 nitrogen and oxygen atoms in total. The fourth-order valence-electron chi connectivity index (χ4n) is 4.04. The van der Waals surface area contributed by atoms with Gasteiger partial charge in [0.1, 0.15) is 5.82 Å². The van der Waals surface area contributed by atoms with E-state index in [-0.39, 0.29) is 5.91 Å². The van der Waals surface area contributed by atoms with Crippen molar-refractivity contribution in [2.45, 2.75) is 54.4 Å². The van der Waals surface area contributed by atoms with Crippen LogP contribution in [0.25, 0.3) is 11.8 Å². The Bertz CT molecular complexity index is 1050. The van der Waals surface area contributed by atoms with Crippen molar-refractivity contribution in [2.24, 2.45) is 0 Å². The summed E-state index contributed by atoms with van der Waals surface area (Å²) >= 11 is 0. The number of hydrogen-bond acceptors (Lipinski definition) is 2. The lowest BCUT2D eigenvalue weighted by molar-refractivity contribution is 0.0991. The van der Waals surface area contributed by atoms with E-state index in [1.165, 1.54) is 11.1 Å². The number of aryl methyl sites for hydroxylation is 1. The van der Waals surface area contributed by atoms with Crippen molar-refractivity contribution in [3.63, 3.8) is 0 Å². The number of rotatable bonds is 6. The lowest BCUT2D eigenvalue weighted by atomic mass is 10.0. The number of anilines is 1. The predicted molar refractivity (Wildman–Crippen MR) is 132 cm³/mol. The third-order valence-corrected chi connectivity index (χ3v) is 5.53. The Balaban J connectivity index is 0.00000166. The maximum absolute atomic E-state index is 13.4. The van der Waals surface area contributed by atoms with Crippen LogP contribution < -0.4 is 4.90 Å². The molecule has 3 aromatic rings. The van der Waals surface area contributed by atoms with Crippen LogP contribution in [0.4, 0.5) is 5.82 Å². The van der Waals surface area contributed by atoms with Crippen LogP contribution in [0.15, 0.2) is 49.2 Å². The van der Waals surface area contributed by atoms with E-state index in [1.54, 1.807) is 24.2 Å². The van der Waals surface area contributed by atoms with Crippen molar-refractivity contribution in [1.82, 2.24) is 9.55 Å². The van der Waals surface area contributed by atoms with Gasteiger partial charge in [-0.1, -0.05) is 58.0 Å². The molecule has 0 aliphatic heterocycles. The molecule has 0 aliphatic rings. The molecule has 0 radical (unpaired) electrons. The lowest BCUT2D eigenvalue weighted by Gasteiger charge is -2.18. The third kappa shape index (κ3) is 4.63. The summed E-state index contributed by atoms with van der Waals surface area (Å²) in [6.45, 7) is 16.4. The quantitative estimate of drug-likeness (QED) is 0.448. The van der Waals surface area contributed by atoms with Gasteiger partial charge in [-0.05, 0) is 56.5 Å². The van der Waals surface area contributed by atoms with Crippen LogP contribution in [0.3, 0.4) is 0 Å². The van der Waals surface area contributed by atoms with E-state index in [0.29, 0.717) is 11.4 Å². The molecule has 0 unspecified atom stereocenters. The highest BCUT2D eigenvalue weighted by Gasteiger charge is 2.26. The smallest absolute Gasteiger partial charge is 0.261 e. The van der Waals surface area contributed by atoms with Crippen molar-refractivity contribution in [3.8, 4) is 5.69 Å². The molecule has 2 aromatic heterocycles. The summed E-state index contributed by atoms with van der Waals surface area (Å²) < 4.78 is 2.20. The first-order valence-electron chi connectivity index (χ1n) is 11.0. The van der Waals surface area contributed by atoms with Gasteiger partial charge in [0, 0.05) is 35.9 Å². The summed E-state index contributed by atoms with van der Waals surface area (Å²) in [6, 6.07) is 11.9. The molecule has 3 rings (SSSR count). The van der Waals surface area contributed by atoms with Crippen LogP contribution in [0.5, 0.6) is 0 Å². The van der Waals surface area contributed by atoms with Gasteiger partial charge < -0.3 is 4.57 Å². The molecule has 0 N–H and O–H groups in total. The normalized spacial score (nSPS) is 10.3. The molecule has 1 amide bonds. The van der Waals surface area contributed by atoms with Gasteiger partial charge >= 0.3 is 0 Å². The number of carbonyl (C=O) groups excluding carboxylic acids is 1. The SMILES string of the molecule is C=Cc1c(C(=O)N(C)c2ccccn2)c(C)n(-c2cccc(C)c2CCC)c1C.CC. The molecule has 2 heterocycles. The number of pyridine rings is 1. The van der Waals surface area contributed by atoms with Gasteiger partial charge in [0.05, 0.1) is 5.56 Å². The zero-order valence-electron chi connectivity index (χ0n) is 20.0. The van der Waals surface area contributed by atoms with Crippen LogP contribution in [0.1, 0.15) is 65.6 Å². The Morgan fingerprint density at radius 1 is 1.10 bits per heavy atom. The summed E-state index contributed by atoms with van der Waals surface area (Å²) in [6.07, 6.45) is 5.55. The van der Waals surface area contributed by atoms with Gasteiger partial charge in [-0.2, -0.15) is 0 Å². The highest BCUT2D eigenvalue weighted by atomic mass is 16.2. The summed E-state index contributed by atoms with van der Waals surface area (Å²) in [5, 5.41) is 0. The number of hydrogen-bond donors (Lipinski definition) is 0. The van der Waals surface area contributed by atoms with Crippen LogP contribution in [0, 0.1) is 20.8 Å². The molecular formula is C27H35N3O. The van der Waals surface area contributed by atoms with E-state index in [2.05, 4.69) is 55.1 Å². The fraction of sp³-hybridized carbons (Fsp3) is 0.333. The Morgan fingerprint density at radius 2 is 1.81 bits per heavy atom. The lowest BCUT2D eigenvalue weighted by Crippen LogP contribution is -2.28. The number of amides is 1. The van der Waals surface area contributed by atoms with Crippen LogP contribution in [0.2, 0.25) is 0 Å². The first-order chi connectivity index (χ1) is 14.9. The summed E-state index contributed by atoms with van der Waals surface area (Å²) in [5.74, 6) is 0.544. The van der Waals surface area contributed by atoms with E-state index in [9.17, 15) is 4.79 Å². The Hall–Kier alpha value is -3.14. The minimum Gasteiger partial charge on any atom is -0.317 e. The number of nitrogens with zero attached hydrogens (tertiary/aromatic N) is 3. The summed E-state index contributed by atoms with van der Waals surface area (Å²) in [4.78, 5) is 19.4. The van der Waals surface area contributed by atoms with E-state index in [4.69, 9.17) is 0 Å². The summed E-state index contributed by atoms with van der Waals surface area (Å²) in [5.41, 5.74) is 7.24. The molecule has 0 fully saturated rings. The van der Waals surface area contributed by atoms with Crippen LogP contribution in [-0.4, -0.2) is 22.5 Å². The van der Waals surface area contributed by atoms with Gasteiger partial charge in [0.2, 0.25) is 0 Å². The molecule has 4 heteroatoms. The predicted octanol–water partition coefficient (Wildman–Crippen LogP) is 6.70. The van der Waals surface area contributed by atoms with E-state index < -0.39 is 0 Å². The van der Waals surface area contributed by atoms with E-state index >= 15 is 0 Å². The van der Waals surface area contributed by atoms with Gasteiger partial charge in [-0.3, -0.25) is 9.69 Å². The second-order valence-corrected chi connectivity index (χ2v) is 7.37. The Morgan fingerprint density at radius 3 is 2.39 bits per heavy atom. The fourth-order valence-corrected chi connectivity index (χ4v) is 4.04. The van der Waals surface area contributed by atoms with Crippen molar-refractivity contribution >= 4 is 17.8 Å². The first-order valence-corrected chi connectivity index (χ1v) is 11.0. The summed E-state index contributed by atoms with van der Waals surface area (Å²) in [7, 11) is 1.76. The standard InChI is InChI=1S/C25H29N3O.C2H6/c1-7-12-21-17(3)13-11-14-22(21)28-18(4)20(8-2)24(19(28)5)25(29)27(6)23-15-9-10-16-26-23;1-2/h8-11,13-16H,2,7,12H2,1,3-6H3;1-2H3. The number of aromatic nitrogens is 2. The minimum absolute atomic E-state index is 0.0809. The second kappa shape index (κ2) is 10.8. The highest BCUT2D eigenvalue weighted by Crippen LogP contribution is 2.31. The topological polar surface area (TPSA) is 38.1 Å². The number of benzene rings is 1. The molecule has 0 saturated carbocycles. The zero-order chi connectivity index (χ0) is 23.1. The Labute approximate surface area is 187 Å². The molecular weight excluding hydrogens is 382 g/mol. The van der Waals surface area contributed by atoms with Gasteiger partial charge in [0.15, 0.2) is 0 Å². The minimum atomic E-state index is -0.0809. The van der Waals surface area contributed by atoms with Crippen LogP contribution in [-0.2, 0) is 6.42 Å². The third-order valence-electron chi connectivity index (χ3n) is 5.53. The van der Waals surface area contributed by atoms with E-state index in [1.807, 2.05) is 39.0 Å². The van der Waals surface area contributed by atoms with Gasteiger partial charge in [-0.15, -0.1) is 0 Å². The molecule has 0 spiro atoms. The van der Waals surface area contributed by atoms with E-state index in [0.717, 1.165) is 35.5 Å². The zero-order valence-corrected chi connectivity index (χ0v) is 20.0. The molecule has 0 aliphatic carbocycles. The molecule has 1 aromatic carbocycles. The monoisotopic (exact) mass is 417 g/mol. The maximum Gasteiger partial charge on any atom is 0.261 e. The molecule has 0 atom stereocenters. The van der Waals surface area contributed by atoms with Crippen molar-refractivity contribution in [2.75, 3.05) is 11.9 Å². The highest BCUT2D eigenvalue weighted by molar-refractivity contribution is 6.09. The average Bonchev–Trinajstić information content (AvgIpc) is 3.05. The maximum atomic E-state index is 13.4. The Kier molecular flexibility index (Phi) is 8.38. The van der Waals surface area contributed by atoms with Crippen molar-refractivity contribution < 1.29 is 4.79 Å². The molecule has 0 saturated heterocycles.